The number of carbonyl (C=O) groups is 2. The summed E-state index contributed by atoms with van der Waals surface area (Å²) in [5, 5.41) is 8.62. The molecule has 2 rings (SSSR count). The van der Waals surface area contributed by atoms with E-state index in [4.69, 9.17) is 10.8 Å². The van der Waals surface area contributed by atoms with Gasteiger partial charge in [0.25, 0.3) is 0 Å². The van der Waals surface area contributed by atoms with Crippen LogP contribution in [0.5, 0.6) is 0 Å². The molecule has 0 aromatic heterocycles. The molecule has 0 fully saturated rings. The first-order valence-electron chi connectivity index (χ1n) is 4.90. The number of hydrogen-bond acceptors (Lipinski definition) is 2. The van der Waals surface area contributed by atoms with Crippen LogP contribution in [0.25, 0.3) is 5.73 Å². The number of aliphatic carboxylic acids is 1. The predicted molar refractivity (Wildman–Crippen MR) is 58.8 cm³/mol. The summed E-state index contributed by atoms with van der Waals surface area (Å²) in [4.78, 5) is 22.4. The smallest absolute Gasteiger partial charge is 0.328 e. The Hall–Kier alpha value is -0.658. The number of rotatable bonds is 1. The van der Waals surface area contributed by atoms with Crippen molar-refractivity contribution >= 4 is 17.4 Å². The summed E-state index contributed by atoms with van der Waals surface area (Å²) in [6.07, 6.45) is 2.02. The van der Waals surface area contributed by atoms with Crippen molar-refractivity contribution in [3.8, 4) is 0 Å². The van der Waals surface area contributed by atoms with Gasteiger partial charge in [0.15, 0.2) is 5.78 Å². The summed E-state index contributed by atoms with van der Waals surface area (Å²) >= 11 is 0. The molecule has 4 nitrogen and oxygen atoms in total. The average Bonchev–Trinajstić information content (AvgIpc) is 2.22. The zero-order valence-electron chi connectivity index (χ0n) is 9.06. The van der Waals surface area contributed by atoms with E-state index in [0.29, 0.717) is 29.7 Å². The van der Waals surface area contributed by atoms with Gasteiger partial charge in [-0.1, -0.05) is 18.2 Å². The largest absolute Gasteiger partial charge is 0.699 e. The zero-order valence-corrected chi connectivity index (χ0v) is 13.8. The summed E-state index contributed by atoms with van der Waals surface area (Å²) in [5.41, 5.74) is 9.50. The van der Waals surface area contributed by atoms with Crippen molar-refractivity contribution in [3.63, 3.8) is 0 Å². The molecule has 1 aromatic rings. The van der Waals surface area contributed by atoms with Gasteiger partial charge in [-0.05, 0) is 18.4 Å². The molecule has 0 saturated heterocycles. The fourth-order valence-electron chi connectivity index (χ4n) is 1.86. The molecule has 5 heteroatoms. The van der Waals surface area contributed by atoms with Crippen LogP contribution in [0.1, 0.15) is 22.3 Å². The summed E-state index contributed by atoms with van der Waals surface area (Å²) in [6, 6.07) is 4.79. The van der Waals surface area contributed by atoms with Crippen molar-refractivity contribution in [2.45, 2.75) is 12.8 Å². The van der Waals surface area contributed by atoms with Gasteiger partial charge in [0.2, 0.25) is 0 Å². The summed E-state index contributed by atoms with van der Waals surface area (Å²) < 4.78 is 0. The number of aryl methyl sites for hydroxylation is 1. The Morgan fingerprint density at radius 2 is 2.06 bits per heavy atom. The van der Waals surface area contributed by atoms with Crippen LogP contribution in [0.15, 0.2) is 29.8 Å². The minimum absolute atomic E-state index is 0. The maximum Gasteiger partial charge on any atom is 0.328 e. The van der Waals surface area contributed by atoms with E-state index in [1.807, 2.05) is 0 Å². The van der Waals surface area contributed by atoms with Crippen LogP contribution < -0.4 is 0 Å². The molecule has 17 heavy (non-hydrogen) atoms. The molecule has 0 aliphatic heterocycles. The summed E-state index contributed by atoms with van der Waals surface area (Å²) in [6.45, 7) is 0. The third-order valence-corrected chi connectivity index (χ3v) is 2.60. The molecule has 1 aliphatic rings. The minimum atomic E-state index is -1.09. The van der Waals surface area contributed by atoms with Crippen LogP contribution in [0.2, 0.25) is 0 Å². The van der Waals surface area contributed by atoms with Crippen LogP contribution in [0, 0.1) is 44.1 Å². The van der Waals surface area contributed by atoms with Crippen LogP contribution in [0.3, 0.4) is 0 Å². The first kappa shape index (κ1) is 14.4. The van der Waals surface area contributed by atoms with Gasteiger partial charge in [-0.25, -0.2) is 4.79 Å². The molecule has 0 heterocycles. The quantitative estimate of drug-likeness (QED) is 0.678. The van der Waals surface area contributed by atoms with Gasteiger partial charge in [-0.3, -0.25) is 4.79 Å². The average molecular weight is 443 g/mol. The van der Waals surface area contributed by atoms with E-state index in [1.54, 1.807) is 18.2 Å². The minimum Gasteiger partial charge on any atom is -0.699 e. The predicted octanol–water partition coefficient (Wildman–Crippen LogP) is 2.51. The maximum absolute atomic E-state index is 11.9. The second-order valence-corrected chi connectivity index (χ2v) is 3.71. The molecular formula is C12H10AcNO3-. The number of hydrogen-bond donors (Lipinski definition) is 1. The molecular weight excluding hydrogens is 433 g/mol. The Kier molecular flexibility index (Phi) is 4.91. The number of carboxylic acids is 1. The van der Waals surface area contributed by atoms with Crippen LogP contribution in [0.4, 0.5) is 5.69 Å². The second kappa shape index (κ2) is 5.79. The molecule has 85 valence electrons. The van der Waals surface area contributed by atoms with E-state index in [0.717, 1.165) is 11.6 Å². The molecule has 0 unspecified atom stereocenters. The van der Waals surface area contributed by atoms with E-state index in [1.165, 1.54) is 0 Å². The number of carbonyl (C=O) groups excluding carboxylic acids is 1. The van der Waals surface area contributed by atoms with Gasteiger partial charge < -0.3 is 10.8 Å². The maximum atomic E-state index is 11.9. The Balaban J connectivity index is 0.00000144. The molecule has 0 amide bonds. The van der Waals surface area contributed by atoms with E-state index >= 15 is 0 Å². The molecule has 1 aromatic carbocycles. The number of fused-ring (bicyclic) bond motifs is 1. The summed E-state index contributed by atoms with van der Waals surface area (Å²) in [7, 11) is 0. The van der Waals surface area contributed by atoms with Crippen molar-refractivity contribution in [3.05, 3.63) is 46.7 Å². The number of allylic oxidation sites excluding steroid dienone is 1. The number of ketones is 1. The van der Waals surface area contributed by atoms with Crippen LogP contribution in [-0.4, -0.2) is 16.9 Å². The number of Topliss-reactive ketones (excluding diaryl/α,β-unsaturated/α-hetero) is 1. The molecule has 0 spiro atoms. The third kappa shape index (κ3) is 3.17. The monoisotopic (exact) mass is 443 g/mol. The number of carboxylic acid groups (broad SMARTS) is 1. The fourth-order valence-corrected chi connectivity index (χ4v) is 1.86. The van der Waals surface area contributed by atoms with Gasteiger partial charge in [0.1, 0.15) is 0 Å². The standard InChI is InChI=1S/C12H11NO3.Ac/c13-9-3-4-10-7(5-9)1-2-8(12(10)16)6-11(14)15;/h3-6H,1-2H2,(H3,13,14,15,16);/p-1/b8-6+;. The van der Waals surface area contributed by atoms with Crippen LogP contribution in [-0.2, 0) is 11.2 Å². The van der Waals surface area contributed by atoms with Crippen molar-refractivity contribution in [2.75, 3.05) is 0 Å². The zero-order chi connectivity index (χ0) is 11.7. The van der Waals surface area contributed by atoms with E-state index in [9.17, 15) is 9.59 Å². The Bertz CT molecular complexity index is 508. The van der Waals surface area contributed by atoms with Gasteiger partial charge in [-0.15, -0.1) is 5.69 Å². The van der Waals surface area contributed by atoms with Crippen molar-refractivity contribution < 1.29 is 58.8 Å². The Morgan fingerprint density at radius 3 is 2.71 bits per heavy atom. The topological polar surface area (TPSA) is 78.2 Å². The van der Waals surface area contributed by atoms with Crippen molar-refractivity contribution in [2.24, 2.45) is 0 Å². The third-order valence-electron chi connectivity index (χ3n) is 2.60. The molecule has 0 bridgehead atoms. The first-order valence-corrected chi connectivity index (χ1v) is 4.90. The molecule has 0 saturated carbocycles. The summed E-state index contributed by atoms with van der Waals surface area (Å²) in [5.74, 6) is -1.33. The first-order chi connectivity index (χ1) is 7.58. The Labute approximate surface area is 134 Å². The van der Waals surface area contributed by atoms with E-state index < -0.39 is 5.97 Å². The second-order valence-electron chi connectivity index (χ2n) is 3.71. The van der Waals surface area contributed by atoms with Crippen LogP contribution >= 0.6 is 0 Å². The van der Waals surface area contributed by atoms with Gasteiger partial charge >= 0.3 is 5.97 Å². The van der Waals surface area contributed by atoms with E-state index in [-0.39, 0.29) is 49.8 Å². The van der Waals surface area contributed by atoms with Gasteiger partial charge in [0.05, 0.1) is 0 Å². The molecule has 1 aliphatic carbocycles. The number of nitrogens with one attached hydrogen (secondary N) is 1. The van der Waals surface area contributed by atoms with Crippen molar-refractivity contribution in [1.82, 2.24) is 0 Å². The molecule has 1 radical (unpaired) electrons. The fraction of sp³-hybridized carbons (Fsp3) is 0.167. The van der Waals surface area contributed by atoms with E-state index in [2.05, 4.69) is 0 Å². The Morgan fingerprint density at radius 1 is 1.35 bits per heavy atom. The SMILES string of the molecule is [Ac].[NH-]c1ccc2c(c1)CC/C(=C\C(=O)O)C2=O. The number of benzene rings is 1. The van der Waals surface area contributed by atoms with Gasteiger partial charge in [-0.2, -0.15) is 0 Å². The molecule has 0 atom stereocenters. The molecule has 2 N–H and O–H groups in total. The van der Waals surface area contributed by atoms with Gasteiger partial charge in [0, 0.05) is 61.3 Å². The normalized spacial score (nSPS) is 16.2. The van der Waals surface area contributed by atoms with Crippen molar-refractivity contribution in [1.29, 1.82) is 0 Å².